The van der Waals surface area contributed by atoms with Crippen LogP contribution in [0, 0.1) is 12.9 Å². The summed E-state index contributed by atoms with van der Waals surface area (Å²) in [4.78, 5) is 3.87. The summed E-state index contributed by atoms with van der Waals surface area (Å²) < 4.78 is 40.1. The van der Waals surface area contributed by atoms with Crippen molar-refractivity contribution >= 4 is 10.0 Å². The lowest BCUT2D eigenvalue weighted by atomic mass is 10.00. The number of aromatic nitrogens is 1. The van der Waals surface area contributed by atoms with Crippen molar-refractivity contribution < 1.29 is 12.8 Å². The Morgan fingerprint density at radius 2 is 1.88 bits per heavy atom. The maximum atomic E-state index is 13.2. The first kappa shape index (κ1) is 17.0. The lowest BCUT2D eigenvalue weighted by Crippen LogP contribution is -2.39. The third kappa shape index (κ3) is 3.35. The van der Waals surface area contributed by atoms with E-state index in [1.54, 1.807) is 26.8 Å². The molecule has 3 rings (SSSR count). The quantitative estimate of drug-likeness (QED) is 0.864. The topological polar surface area (TPSA) is 59.1 Å². The molecule has 6 heteroatoms. The summed E-state index contributed by atoms with van der Waals surface area (Å²) in [5, 5.41) is -0.440. The van der Waals surface area contributed by atoms with Gasteiger partial charge >= 0.3 is 0 Å². The van der Waals surface area contributed by atoms with Crippen molar-refractivity contribution in [3.05, 3.63) is 53.1 Å². The highest BCUT2D eigenvalue weighted by Gasteiger charge is 2.27. The Morgan fingerprint density at radius 3 is 2.54 bits per heavy atom. The van der Waals surface area contributed by atoms with Crippen LogP contribution < -0.4 is 4.72 Å². The van der Waals surface area contributed by atoms with Crippen molar-refractivity contribution in [2.75, 3.05) is 0 Å². The van der Waals surface area contributed by atoms with Crippen LogP contribution in [0.2, 0.25) is 0 Å². The molecule has 128 valence electrons. The number of aryl methyl sites for hydroxylation is 1. The zero-order chi connectivity index (χ0) is 17.5. The average molecular weight is 348 g/mol. The number of benzene rings is 1. The largest absolute Gasteiger partial charge is 0.224 e. The Kier molecular flexibility index (Phi) is 4.44. The lowest BCUT2D eigenvalue weighted by molar-refractivity contribution is 0.547. The predicted octanol–water partition coefficient (Wildman–Crippen LogP) is 2.99. The second kappa shape index (κ2) is 6.26. The number of halogens is 1. The van der Waals surface area contributed by atoms with Gasteiger partial charge in [-0.2, -0.15) is 4.39 Å². The highest BCUT2D eigenvalue weighted by atomic mass is 32.2. The maximum absolute atomic E-state index is 13.2. The van der Waals surface area contributed by atoms with Gasteiger partial charge in [0.15, 0.2) is 0 Å². The number of sulfonamides is 1. The maximum Gasteiger partial charge on any atom is 0.214 e. The predicted molar refractivity (Wildman–Crippen MR) is 92.8 cm³/mol. The molecule has 4 nitrogen and oxygen atoms in total. The van der Waals surface area contributed by atoms with Crippen LogP contribution in [0.1, 0.15) is 30.7 Å². The standard InChI is InChI=1S/C18H21FN2O2S/c1-11(2)24(22,23)21-16-9-13-4-5-14(8-15(13)10-16)17-6-7-18(19)20-12(17)3/h4-8,11,16,21H,9-10H2,1-3H3. The molecule has 24 heavy (non-hydrogen) atoms. The summed E-state index contributed by atoms with van der Waals surface area (Å²) in [6, 6.07) is 9.05. The van der Waals surface area contributed by atoms with E-state index in [1.165, 1.54) is 6.07 Å². The van der Waals surface area contributed by atoms with Gasteiger partial charge in [-0.1, -0.05) is 18.2 Å². The van der Waals surface area contributed by atoms with Crippen molar-refractivity contribution in [3.8, 4) is 11.1 Å². The van der Waals surface area contributed by atoms with Gasteiger partial charge in [-0.05, 0) is 62.4 Å². The highest BCUT2D eigenvalue weighted by molar-refractivity contribution is 7.90. The van der Waals surface area contributed by atoms with E-state index in [0.29, 0.717) is 18.5 Å². The van der Waals surface area contributed by atoms with Crippen LogP contribution in [0.4, 0.5) is 4.39 Å². The first-order chi connectivity index (χ1) is 11.3. The van der Waals surface area contributed by atoms with E-state index in [1.807, 2.05) is 12.1 Å². The molecule has 1 aromatic carbocycles. The van der Waals surface area contributed by atoms with Crippen molar-refractivity contribution in [3.63, 3.8) is 0 Å². The Labute approximate surface area is 142 Å². The molecule has 1 N–H and O–H groups in total. The van der Waals surface area contributed by atoms with Gasteiger partial charge in [0.05, 0.1) is 5.25 Å². The van der Waals surface area contributed by atoms with Crippen molar-refractivity contribution in [2.45, 2.75) is 44.9 Å². The van der Waals surface area contributed by atoms with E-state index in [2.05, 4.69) is 15.8 Å². The molecule has 0 radical (unpaired) electrons. The van der Waals surface area contributed by atoms with Crippen LogP contribution in [0.25, 0.3) is 11.1 Å². The van der Waals surface area contributed by atoms with Crippen LogP contribution in [-0.2, 0) is 22.9 Å². The fourth-order valence-electron chi connectivity index (χ4n) is 3.07. The van der Waals surface area contributed by atoms with Crippen LogP contribution in [0.3, 0.4) is 0 Å². The van der Waals surface area contributed by atoms with Crippen LogP contribution >= 0.6 is 0 Å². The SMILES string of the molecule is Cc1nc(F)ccc1-c1ccc2c(c1)CC(NS(=O)(=O)C(C)C)C2. The highest BCUT2D eigenvalue weighted by Crippen LogP contribution is 2.30. The number of pyridine rings is 1. The summed E-state index contributed by atoms with van der Waals surface area (Å²) >= 11 is 0. The van der Waals surface area contributed by atoms with Crippen molar-refractivity contribution in [1.29, 1.82) is 0 Å². The molecule has 1 aliphatic rings. The Morgan fingerprint density at radius 1 is 1.17 bits per heavy atom. The Bertz CT molecular complexity index is 879. The lowest BCUT2D eigenvalue weighted by Gasteiger charge is -2.14. The van der Waals surface area contributed by atoms with Gasteiger partial charge in [0.25, 0.3) is 0 Å². The zero-order valence-electron chi connectivity index (χ0n) is 14.0. The average Bonchev–Trinajstić information content (AvgIpc) is 2.87. The summed E-state index contributed by atoms with van der Waals surface area (Å²) in [7, 11) is -3.27. The molecular formula is C18H21FN2O2S. The molecule has 1 heterocycles. The van der Waals surface area contributed by atoms with Gasteiger partial charge in [0.2, 0.25) is 16.0 Å². The summed E-state index contributed by atoms with van der Waals surface area (Å²) in [6.07, 6.45) is 1.37. The minimum Gasteiger partial charge on any atom is -0.224 e. The van der Waals surface area contributed by atoms with E-state index in [-0.39, 0.29) is 6.04 Å². The van der Waals surface area contributed by atoms with Gasteiger partial charge in [-0.15, -0.1) is 0 Å². The minimum absolute atomic E-state index is 0.102. The molecule has 0 fully saturated rings. The zero-order valence-corrected chi connectivity index (χ0v) is 14.8. The smallest absolute Gasteiger partial charge is 0.214 e. The van der Waals surface area contributed by atoms with Crippen molar-refractivity contribution in [1.82, 2.24) is 9.71 Å². The molecule has 2 aromatic rings. The molecule has 1 aliphatic carbocycles. The first-order valence-electron chi connectivity index (χ1n) is 8.03. The normalized spacial score (nSPS) is 17.3. The monoisotopic (exact) mass is 348 g/mol. The van der Waals surface area contributed by atoms with Crippen LogP contribution in [-0.4, -0.2) is 24.7 Å². The molecule has 1 atom stereocenters. The van der Waals surface area contributed by atoms with Gasteiger partial charge in [0, 0.05) is 17.3 Å². The molecule has 0 spiro atoms. The fraction of sp³-hybridized carbons (Fsp3) is 0.389. The number of hydrogen-bond acceptors (Lipinski definition) is 3. The van der Waals surface area contributed by atoms with Gasteiger partial charge < -0.3 is 0 Å². The molecular weight excluding hydrogens is 327 g/mol. The van der Waals surface area contributed by atoms with Crippen molar-refractivity contribution in [2.24, 2.45) is 0 Å². The molecule has 0 amide bonds. The van der Waals surface area contributed by atoms with Crippen LogP contribution in [0.15, 0.2) is 30.3 Å². The van der Waals surface area contributed by atoms with Crippen LogP contribution in [0.5, 0.6) is 0 Å². The third-order valence-corrected chi connectivity index (χ3v) is 6.36. The Hall–Kier alpha value is -1.79. The number of fused-ring (bicyclic) bond motifs is 1. The number of nitrogens with zero attached hydrogens (tertiary/aromatic N) is 1. The van der Waals surface area contributed by atoms with Gasteiger partial charge in [-0.3, -0.25) is 0 Å². The van der Waals surface area contributed by atoms with E-state index in [4.69, 9.17) is 0 Å². The fourth-order valence-corrected chi connectivity index (χ4v) is 3.98. The summed E-state index contributed by atoms with van der Waals surface area (Å²) in [5.41, 5.74) is 4.80. The summed E-state index contributed by atoms with van der Waals surface area (Å²) in [5.74, 6) is -0.486. The van der Waals surface area contributed by atoms with E-state index >= 15 is 0 Å². The Balaban J connectivity index is 1.84. The molecule has 0 saturated heterocycles. The van der Waals surface area contributed by atoms with Gasteiger partial charge in [0.1, 0.15) is 0 Å². The molecule has 1 aromatic heterocycles. The van der Waals surface area contributed by atoms with Gasteiger partial charge in [-0.25, -0.2) is 18.1 Å². The molecule has 0 saturated carbocycles. The molecule has 0 bridgehead atoms. The van der Waals surface area contributed by atoms with E-state index < -0.39 is 21.2 Å². The minimum atomic E-state index is -3.27. The number of rotatable bonds is 4. The third-order valence-electron chi connectivity index (χ3n) is 4.45. The van der Waals surface area contributed by atoms with E-state index in [0.717, 1.165) is 22.3 Å². The van der Waals surface area contributed by atoms with E-state index in [9.17, 15) is 12.8 Å². The second-order valence-electron chi connectivity index (χ2n) is 6.57. The first-order valence-corrected chi connectivity index (χ1v) is 9.57. The molecule has 0 aliphatic heterocycles. The number of nitrogens with one attached hydrogen (secondary N) is 1. The molecule has 1 unspecified atom stereocenters. The second-order valence-corrected chi connectivity index (χ2v) is 8.84. The summed E-state index contributed by atoms with van der Waals surface area (Å²) in [6.45, 7) is 5.13. The number of hydrogen-bond donors (Lipinski definition) is 1.